The van der Waals surface area contributed by atoms with Gasteiger partial charge in [0, 0.05) is 37.8 Å². The average Bonchev–Trinajstić information content (AvgIpc) is 3.07. The minimum absolute atomic E-state index is 0.0117. The zero-order chi connectivity index (χ0) is 18.2. The maximum Gasteiger partial charge on any atom is 0.417 e. The molecular formula is C17H23F3N4O. The Balaban J connectivity index is 1.69. The van der Waals surface area contributed by atoms with Crippen LogP contribution in [-0.4, -0.2) is 41.5 Å². The van der Waals surface area contributed by atoms with Crippen LogP contribution in [0.15, 0.2) is 12.3 Å². The van der Waals surface area contributed by atoms with Crippen LogP contribution in [0.4, 0.5) is 24.7 Å². The number of aromatic nitrogens is 1. The van der Waals surface area contributed by atoms with Crippen LogP contribution in [0.2, 0.25) is 0 Å². The molecule has 1 saturated heterocycles. The first kappa shape index (κ1) is 17.8. The molecule has 1 amide bonds. The molecule has 1 aliphatic heterocycles. The van der Waals surface area contributed by atoms with Gasteiger partial charge in [-0.1, -0.05) is 12.8 Å². The van der Waals surface area contributed by atoms with Gasteiger partial charge in [-0.05, 0) is 25.8 Å². The Kier molecular flexibility index (Phi) is 4.79. The number of hydrogen-bond acceptors (Lipinski definition) is 4. The summed E-state index contributed by atoms with van der Waals surface area (Å²) in [6.07, 6.45) is 0.484. The van der Waals surface area contributed by atoms with E-state index in [1.54, 1.807) is 0 Å². The summed E-state index contributed by atoms with van der Waals surface area (Å²) >= 11 is 0. The smallest absolute Gasteiger partial charge is 0.396 e. The number of nitrogens with zero attached hydrogens (tertiary/aromatic N) is 3. The normalized spacial score (nSPS) is 22.5. The van der Waals surface area contributed by atoms with E-state index in [0.717, 1.165) is 37.9 Å². The topological polar surface area (TPSA) is 62.5 Å². The van der Waals surface area contributed by atoms with Crippen molar-refractivity contribution >= 4 is 17.4 Å². The molecule has 0 aromatic carbocycles. The molecule has 2 N–H and O–H groups in total. The third-order valence-corrected chi connectivity index (χ3v) is 5.14. The van der Waals surface area contributed by atoms with Crippen LogP contribution in [0.1, 0.15) is 38.2 Å². The molecule has 0 bridgehead atoms. The highest BCUT2D eigenvalue weighted by Gasteiger charge is 2.35. The number of carbonyl (C=O) groups excluding carboxylic acids is 1. The Labute approximate surface area is 145 Å². The van der Waals surface area contributed by atoms with Crippen LogP contribution in [0, 0.1) is 5.92 Å². The molecule has 1 saturated carbocycles. The van der Waals surface area contributed by atoms with E-state index in [1.807, 2.05) is 16.7 Å². The summed E-state index contributed by atoms with van der Waals surface area (Å²) in [4.78, 5) is 20.3. The van der Waals surface area contributed by atoms with Crippen molar-refractivity contribution in [2.24, 2.45) is 5.92 Å². The molecule has 138 valence electrons. The number of carbonyl (C=O) groups is 1. The largest absolute Gasteiger partial charge is 0.417 e. The molecule has 0 spiro atoms. The van der Waals surface area contributed by atoms with Crippen LogP contribution in [0.25, 0.3) is 0 Å². The lowest BCUT2D eigenvalue weighted by molar-refractivity contribution is -0.138. The highest BCUT2D eigenvalue weighted by Crippen LogP contribution is 2.33. The van der Waals surface area contributed by atoms with Crippen molar-refractivity contribution in [2.45, 2.75) is 44.8 Å². The van der Waals surface area contributed by atoms with Gasteiger partial charge in [0.2, 0.25) is 5.91 Å². The molecule has 1 aromatic heterocycles. The fourth-order valence-electron chi connectivity index (χ4n) is 3.78. The first-order chi connectivity index (χ1) is 11.8. The Hall–Kier alpha value is -1.99. The summed E-state index contributed by atoms with van der Waals surface area (Å²) in [5, 5.41) is 0. The van der Waals surface area contributed by atoms with E-state index in [4.69, 9.17) is 5.73 Å². The zero-order valence-electron chi connectivity index (χ0n) is 14.2. The van der Waals surface area contributed by atoms with E-state index < -0.39 is 11.7 Å². The van der Waals surface area contributed by atoms with Gasteiger partial charge < -0.3 is 15.5 Å². The van der Waals surface area contributed by atoms with Crippen molar-refractivity contribution in [3.8, 4) is 0 Å². The Morgan fingerprint density at radius 1 is 1.28 bits per heavy atom. The van der Waals surface area contributed by atoms with E-state index in [1.165, 1.54) is 0 Å². The van der Waals surface area contributed by atoms with E-state index in [-0.39, 0.29) is 23.6 Å². The molecule has 5 nitrogen and oxygen atoms in total. The van der Waals surface area contributed by atoms with Gasteiger partial charge in [-0.3, -0.25) is 4.79 Å². The van der Waals surface area contributed by atoms with Gasteiger partial charge in [0.1, 0.15) is 0 Å². The number of alkyl halides is 3. The third-order valence-electron chi connectivity index (χ3n) is 5.14. The number of piperazine rings is 1. The number of pyridine rings is 1. The van der Waals surface area contributed by atoms with E-state index >= 15 is 0 Å². The molecule has 2 aliphatic rings. The maximum absolute atomic E-state index is 12.7. The van der Waals surface area contributed by atoms with Crippen LogP contribution in [0.3, 0.4) is 0 Å². The van der Waals surface area contributed by atoms with Gasteiger partial charge in [-0.2, -0.15) is 13.2 Å². The maximum atomic E-state index is 12.7. The minimum Gasteiger partial charge on any atom is -0.396 e. The Morgan fingerprint density at radius 3 is 2.52 bits per heavy atom. The predicted octanol–water partition coefficient (Wildman–Crippen LogP) is 2.91. The third kappa shape index (κ3) is 3.67. The summed E-state index contributed by atoms with van der Waals surface area (Å²) in [6.45, 7) is 3.53. The van der Waals surface area contributed by atoms with Gasteiger partial charge in [0.05, 0.1) is 11.3 Å². The number of nitrogen functional groups attached to an aromatic ring is 1. The molecule has 25 heavy (non-hydrogen) atoms. The average molecular weight is 356 g/mol. The van der Waals surface area contributed by atoms with Crippen molar-refractivity contribution in [1.82, 2.24) is 9.88 Å². The van der Waals surface area contributed by atoms with Crippen LogP contribution >= 0.6 is 0 Å². The van der Waals surface area contributed by atoms with Crippen molar-refractivity contribution in [1.29, 1.82) is 0 Å². The highest BCUT2D eigenvalue weighted by molar-refractivity contribution is 5.80. The summed E-state index contributed by atoms with van der Waals surface area (Å²) in [5.41, 5.74) is 4.97. The lowest BCUT2D eigenvalue weighted by Crippen LogP contribution is -2.55. The van der Waals surface area contributed by atoms with Crippen molar-refractivity contribution < 1.29 is 18.0 Å². The summed E-state index contributed by atoms with van der Waals surface area (Å²) < 4.78 is 38.2. The first-order valence-corrected chi connectivity index (χ1v) is 8.65. The fourth-order valence-corrected chi connectivity index (χ4v) is 3.78. The monoisotopic (exact) mass is 356 g/mol. The molecule has 2 heterocycles. The standard InChI is InChI=1S/C17H23F3N4O/c1-11-10-23(6-7-24(11)16(25)12-4-2-3-5-12)15-14(21)8-13(9-22-15)17(18,19)20/h8-9,11-12H,2-7,10,21H2,1H3/t11-/m0/s1. The van der Waals surface area contributed by atoms with Crippen LogP contribution < -0.4 is 10.6 Å². The molecule has 2 fully saturated rings. The molecule has 0 radical (unpaired) electrons. The van der Waals surface area contributed by atoms with Gasteiger partial charge in [0.25, 0.3) is 0 Å². The van der Waals surface area contributed by atoms with E-state index in [9.17, 15) is 18.0 Å². The molecule has 8 heteroatoms. The summed E-state index contributed by atoms with van der Waals surface area (Å²) in [5.74, 6) is 0.689. The van der Waals surface area contributed by atoms with Gasteiger partial charge in [0.15, 0.2) is 5.82 Å². The number of halogens is 3. The summed E-state index contributed by atoms with van der Waals surface area (Å²) in [7, 11) is 0. The molecule has 0 unspecified atom stereocenters. The zero-order valence-corrected chi connectivity index (χ0v) is 14.2. The number of rotatable bonds is 2. The fraction of sp³-hybridized carbons (Fsp3) is 0.647. The number of anilines is 2. The van der Waals surface area contributed by atoms with Crippen molar-refractivity contribution in [2.75, 3.05) is 30.3 Å². The first-order valence-electron chi connectivity index (χ1n) is 8.65. The lowest BCUT2D eigenvalue weighted by atomic mass is 10.0. The van der Waals surface area contributed by atoms with Crippen LogP contribution in [-0.2, 0) is 11.0 Å². The Morgan fingerprint density at radius 2 is 1.96 bits per heavy atom. The SMILES string of the molecule is C[C@H]1CN(c2ncc(C(F)(F)F)cc2N)CCN1C(=O)C1CCCC1. The van der Waals surface area contributed by atoms with Crippen LogP contribution in [0.5, 0.6) is 0 Å². The van der Waals surface area contributed by atoms with E-state index in [2.05, 4.69) is 4.98 Å². The number of hydrogen-bond donors (Lipinski definition) is 1. The predicted molar refractivity (Wildman–Crippen MR) is 89.0 cm³/mol. The second kappa shape index (κ2) is 6.72. The lowest BCUT2D eigenvalue weighted by Gasteiger charge is -2.41. The highest BCUT2D eigenvalue weighted by atomic mass is 19.4. The van der Waals surface area contributed by atoms with Crippen molar-refractivity contribution in [3.63, 3.8) is 0 Å². The second-order valence-electron chi connectivity index (χ2n) is 6.94. The summed E-state index contributed by atoms with van der Waals surface area (Å²) in [6, 6.07) is 0.897. The van der Waals surface area contributed by atoms with Crippen molar-refractivity contribution in [3.05, 3.63) is 17.8 Å². The number of amides is 1. The molecule has 1 aromatic rings. The van der Waals surface area contributed by atoms with Gasteiger partial charge in [-0.25, -0.2) is 4.98 Å². The number of nitrogens with two attached hydrogens (primary N) is 1. The Bertz CT molecular complexity index is 643. The molecule has 3 rings (SSSR count). The molecule has 1 atom stereocenters. The second-order valence-corrected chi connectivity index (χ2v) is 6.94. The van der Waals surface area contributed by atoms with E-state index in [0.29, 0.717) is 25.5 Å². The van der Waals surface area contributed by atoms with Gasteiger partial charge in [-0.15, -0.1) is 0 Å². The molecular weight excluding hydrogens is 333 g/mol. The quantitative estimate of drug-likeness (QED) is 0.885. The van der Waals surface area contributed by atoms with Gasteiger partial charge >= 0.3 is 6.18 Å². The minimum atomic E-state index is -4.46. The molecule has 1 aliphatic carbocycles.